The van der Waals surface area contributed by atoms with E-state index in [2.05, 4.69) is 49.3 Å². The van der Waals surface area contributed by atoms with Gasteiger partial charge in [-0.15, -0.1) is 0 Å². The van der Waals surface area contributed by atoms with E-state index in [0.29, 0.717) is 11.4 Å². The van der Waals surface area contributed by atoms with Gasteiger partial charge in [-0.2, -0.15) is 10.2 Å². The lowest BCUT2D eigenvalue weighted by atomic mass is 9.95. The number of hydrogen-bond donors (Lipinski definition) is 1. The number of nitrogens with zero attached hydrogens (tertiary/aromatic N) is 7. The standard InChI is InChI=1S/C30H42N8O/c1-23-21-32-28(20-31)33-29(23)38(27-6-4-3-5-7-27)34-30(39)25-10-8-24(9-11-25)22-36-14-12-26(13-15-36)37-18-16-35(2)17-19-37/h8-11,21,26-27H,3-7,12-19,22H2,1-2H3,(H,34,39). The highest BCUT2D eigenvalue weighted by molar-refractivity contribution is 5.95. The Morgan fingerprint density at radius 3 is 2.38 bits per heavy atom. The quantitative estimate of drug-likeness (QED) is 0.545. The average Bonchev–Trinajstić information content (AvgIpc) is 2.98. The van der Waals surface area contributed by atoms with Crippen LogP contribution in [0.25, 0.3) is 0 Å². The highest BCUT2D eigenvalue weighted by Gasteiger charge is 2.28. The van der Waals surface area contributed by atoms with E-state index in [4.69, 9.17) is 0 Å². The Kier molecular flexibility index (Phi) is 9.07. The van der Waals surface area contributed by atoms with Gasteiger partial charge in [0.1, 0.15) is 6.07 Å². The number of benzene rings is 1. The summed E-state index contributed by atoms with van der Waals surface area (Å²) in [5.41, 5.74) is 5.83. The average molecular weight is 531 g/mol. The van der Waals surface area contributed by atoms with Crippen molar-refractivity contribution in [3.05, 3.63) is 53.0 Å². The molecule has 5 rings (SSSR count). The number of anilines is 1. The van der Waals surface area contributed by atoms with Crippen molar-refractivity contribution < 1.29 is 4.79 Å². The largest absolute Gasteiger partial charge is 0.304 e. The van der Waals surface area contributed by atoms with Crippen molar-refractivity contribution in [3.8, 4) is 6.07 Å². The van der Waals surface area contributed by atoms with Crippen LogP contribution in [0.2, 0.25) is 0 Å². The third kappa shape index (κ3) is 6.93. The van der Waals surface area contributed by atoms with Crippen molar-refractivity contribution in [2.45, 2.75) is 70.5 Å². The number of likely N-dealkylation sites (N-methyl/N-ethyl adjacent to an activating group) is 1. The zero-order valence-corrected chi connectivity index (χ0v) is 23.5. The second-order valence-electron chi connectivity index (χ2n) is 11.5. The molecule has 1 amide bonds. The molecule has 0 atom stereocenters. The monoisotopic (exact) mass is 530 g/mol. The van der Waals surface area contributed by atoms with E-state index in [9.17, 15) is 10.1 Å². The number of hydrogen-bond acceptors (Lipinski definition) is 8. The Hall–Kier alpha value is -3.06. The highest BCUT2D eigenvalue weighted by atomic mass is 16.2. The topological polar surface area (TPSA) is 91.6 Å². The number of amides is 1. The van der Waals surface area contributed by atoms with Crippen LogP contribution >= 0.6 is 0 Å². The van der Waals surface area contributed by atoms with Crippen molar-refractivity contribution in [1.29, 1.82) is 5.26 Å². The maximum atomic E-state index is 13.4. The van der Waals surface area contributed by atoms with Gasteiger partial charge >= 0.3 is 0 Å². The minimum absolute atomic E-state index is 0.113. The van der Waals surface area contributed by atoms with E-state index in [1.54, 1.807) is 6.20 Å². The molecular formula is C30H42N8O. The van der Waals surface area contributed by atoms with E-state index in [0.717, 1.165) is 56.9 Å². The van der Waals surface area contributed by atoms with E-state index in [1.807, 2.05) is 30.1 Å². The molecule has 2 saturated heterocycles. The minimum Gasteiger partial charge on any atom is -0.304 e. The van der Waals surface area contributed by atoms with Crippen LogP contribution in [0.5, 0.6) is 0 Å². The number of piperazine rings is 1. The molecule has 3 aliphatic rings. The second kappa shape index (κ2) is 12.9. The van der Waals surface area contributed by atoms with Crippen LogP contribution in [0.3, 0.4) is 0 Å². The number of aryl methyl sites for hydroxylation is 1. The number of nitrogens with one attached hydrogen (secondary N) is 1. The first kappa shape index (κ1) is 27.5. The summed E-state index contributed by atoms with van der Waals surface area (Å²) in [6.45, 7) is 9.83. The van der Waals surface area contributed by atoms with Crippen LogP contribution in [-0.4, -0.2) is 89.0 Å². The fraction of sp³-hybridized carbons (Fsp3) is 0.600. The third-order valence-corrected chi connectivity index (χ3v) is 8.67. The Bertz CT molecular complexity index is 1140. The molecule has 9 nitrogen and oxygen atoms in total. The summed E-state index contributed by atoms with van der Waals surface area (Å²) in [5, 5.41) is 11.2. The van der Waals surface area contributed by atoms with Gasteiger partial charge in [-0.05, 0) is 70.4 Å². The van der Waals surface area contributed by atoms with Crippen LogP contribution in [0, 0.1) is 18.3 Å². The summed E-state index contributed by atoms with van der Waals surface area (Å²) in [6.07, 6.45) is 9.53. The Morgan fingerprint density at radius 2 is 1.72 bits per heavy atom. The van der Waals surface area contributed by atoms with Gasteiger partial charge in [-0.25, -0.2) is 4.98 Å². The van der Waals surface area contributed by atoms with Gasteiger partial charge in [0.15, 0.2) is 5.82 Å². The van der Waals surface area contributed by atoms with E-state index < -0.39 is 0 Å². The zero-order chi connectivity index (χ0) is 27.2. The van der Waals surface area contributed by atoms with Gasteiger partial charge in [0.25, 0.3) is 5.91 Å². The number of hydrazine groups is 1. The molecule has 208 valence electrons. The predicted molar refractivity (Wildman–Crippen MR) is 152 cm³/mol. The molecule has 9 heteroatoms. The molecule has 0 spiro atoms. The number of nitriles is 1. The van der Waals surface area contributed by atoms with Crippen molar-refractivity contribution in [2.75, 3.05) is 51.3 Å². The maximum absolute atomic E-state index is 13.4. The molecule has 3 fully saturated rings. The van der Waals surface area contributed by atoms with E-state index in [-0.39, 0.29) is 17.8 Å². The Morgan fingerprint density at radius 1 is 1.03 bits per heavy atom. The van der Waals surface area contributed by atoms with E-state index in [1.165, 1.54) is 51.0 Å². The predicted octanol–water partition coefficient (Wildman–Crippen LogP) is 3.35. The van der Waals surface area contributed by atoms with Crippen molar-refractivity contribution in [2.24, 2.45) is 0 Å². The lowest BCUT2D eigenvalue weighted by Gasteiger charge is -2.42. The summed E-state index contributed by atoms with van der Waals surface area (Å²) in [4.78, 5) is 29.6. The van der Waals surface area contributed by atoms with Crippen LogP contribution in [0.15, 0.2) is 30.5 Å². The first-order chi connectivity index (χ1) is 19.0. The molecule has 0 radical (unpaired) electrons. The van der Waals surface area contributed by atoms with Gasteiger partial charge in [-0.3, -0.25) is 25.0 Å². The first-order valence-corrected chi connectivity index (χ1v) is 14.6. The van der Waals surface area contributed by atoms with Crippen LogP contribution in [0.4, 0.5) is 5.82 Å². The Labute approximate surface area is 232 Å². The summed E-state index contributed by atoms with van der Waals surface area (Å²) in [6, 6.07) is 10.9. The second-order valence-corrected chi connectivity index (χ2v) is 11.5. The normalized spacial score (nSPS) is 20.4. The number of aromatic nitrogens is 2. The molecule has 1 aromatic heterocycles. The van der Waals surface area contributed by atoms with Crippen LogP contribution in [-0.2, 0) is 6.54 Å². The van der Waals surface area contributed by atoms with Gasteiger partial charge in [0.05, 0.1) is 6.04 Å². The number of carbonyl (C=O) groups excluding carboxylic acids is 1. The molecule has 1 N–H and O–H groups in total. The minimum atomic E-state index is -0.156. The third-order valence-electron chi connectivity index (χ3n) is 8.67. The molecule has 1 aromatic carbocycles. The SMILES string of the molecule is Cc1cnc(C#N)nc1N(NC(=O)c1ccc(CN2CCC(N3CCN(C)CC3)CC2)cc1)C1CCCCC1. The lowest BCUT2D eigenvalue weighted by Crippen LogP contribution is -2.52. The molecule has 1 aliphatic carbocycles. The van der Waals surface area contributed by atoms with Crippen molar-refractivity contribution >= 4 is 11.7 Å². The smallest absolute Gasteiger partial charge is 0.269 e. The first-order valence-electron chi connectivity index (χ1n) is 14.6. The molecule has 0 bridgehead atoms. The maximum Gasteiger partial charge on any atom is 0.269 e. The summed E-state index contributed by atoms with van der Waals surface area (Å²) < 4.78 is 0. The highest BCUT2D eigenvalue weighted by Crippen LogP contribution is 2.27. The van der Waals surface area contributed by atoms with Gasteiger partial charge in [-0.1, -0.05) is 31.4 Å². The Balaban J connectivity index is 1.19. The van der Waals surface area contributed by atoms with Gasteiger partial charge in [0.2, 0.25) is 5.82 Å². The molecule has 2 aromatic rings. The number of rotatable bonds is 7. The molecule has 0 unspecified atom stereocenters. The van der Waals surface area contributed by atoms with Gasteiger partial charge < -0.3 is 4.90 Å². The number of piperidine rings is 1. The summed E-state index contributed by atoms with van der Waals surface area (Å²) >= 11 is 0. The molecular weight excluding hydrogens is 488 g/mol. The molecule has 1 saturated carbocycles. The fourth-order valence-corrected chi connectivity index (χ4v) is 6.21. The summed E-state index contributed by atoms with van der Waals surface area (Å²) in [7, 11) is 2.21. The lowest BCUT2D eigenvalue weighted by molar-refractivity contribution is 0.0658. The number of carbonyl (C=O) groups is 1. The van der Waals surface area contributed by atoms with E-state index >= 15 is 0 Å². The van der Waals surface area contributed by atoms with Crippen LogP contribution in [0.1, 0.15) is 72.3 Å². The van der Waals surface area contributed by atoms with Gasteiger partial charge in [0, 0.05) is 56.1 Å². The van der Waals surface area contributed by atoms with Crippen molar-refractivity contribution in [3.63, 3.8) is 0 Å². The van der Waals surface area contributed by atoms with Crippen molar-refractivity contribution in [1.82, 2.24) is 30.1 Å². The van der Waals surface area contributed by atoms with Crippen LogP contribution < -0.4 is 10.4 Å². The summed E-state index contributed by atoms with van der Waals surface area (Å²) in [5.74, 6) is 0.567. The molecule has 3 heterocycles. The zero-order valence-electron chi connectivity index (χ0n) is 23.5. The molecule has 2 aliphatic heterocycles. The fourth-order valence-electron chi connectivity index (χ4n) is 6.21. The number of likely N-dealkylation sites (tertiary alicyclic amines) is 1. The molecule has 39 heavy (non-hydrogen) atoms.